The standard InChI is InChI=1S/C12H25NO4S/c1-2-3-4-7-12(15)11-6-5-8-13(11)18(16,17)10-9-14/h11-12,14-15H,2-10H2,1H3/t11-,12-/m1/s1. The number of rotatable bonds is 8. The van der Waals surface area contributed by atoms with E-state index < -0.39 is 16.1 Å². The van der Waals surface area contributed by atoms with Crippen molar-refractivity contribution in [2.24, 2.45) is 0 Å². The van der Waals surface area contributed by atoms with Crippen molar-refractivity contribution in [1.29, 1.82) is 0 Å². The van der Waals surface area contributed by atoms with E-state index in [1.807, 2.05) is 0 Å². The minimum absolute atomic E-state index is 0.245. The van der Waals surface area contributed by atoms with Crippen LogP contribution in [0, 0.1) is 0 Å². The Hall–Kier alpha value is -0.170. The average molecular weight is 279 g/mol. The fourth-order valence-corrected chi connectivity index (χ4v) is 4.06. The highest BCUT2D eigenvalue weighted by atomic mass is 32.2. The van der Waals surface area contributed by atoms with Crippen molar-refractivity contribution in [3.63, 3.8) is 0 Å². The second-order valence-corrected chi connectivity index (χ2v) is 6.96. The van der Waals surface area contributed by atoms with Crippen LogP contribution >= 0.6 is 0 Å². The Bertz CT molecular complexity index is 331. The molecule has 0 aromatic carbocycles. The van der Waals surface area contributed by atoms with Crippen LogP contribution < -0.4 is 0 Å². The number of hydrogen-bond acceptors (Lipinski definition) is 4. The molecule has 1 aliphatic heterocycles. The Balaban J connectivity index is 2.58. The Morgan fingerprint density at radius 2 is 2.11 bits per heavy atom. The van der Waals surface area contributed by atoms with E-state index in [4.69, 9.17) is 5.11 Å². The molecule has 0 saturated carbocycles. The molecule has 108 valence electrons. The summed E-state index contributed by atoms with van der Waals surface area (Å²) in [6.07, 6.45) is 4.67. The van der Waals surface area contributed by atoms with E-state index >= 15 is 0 Å². The molecule has 0 bridgehead atoms. The molecular weight excluding hydrogens is 254 g/mol. The van der Waals surface area contributed by atoms with Crippen LogP contribution in [0.25, 0.3) is 0 Å². The Morgan fingerprint density at radius 1 is 1.39 bits per heavy atom. The van der Waals surface area contributed by atoms with Gasteiger partial charge in [0.05, 0.1) is 24.5 Å². The zero-order chi connectivity index (χ0) is 13.6. The van der Waals surface area contributed by atoms with E-state index in [0.29, 0.717) is 13.0 Å². The van der Waals surface area contributed by atoms with E-state index in [-0.39, 0.29) is 18.4 Å². The highest BCUT2D eigenvalue weighted by Gasteiger charge is 2.37. The number of aliphatic hydroxyl groups is 2. The maximum absolute atomic E-state index is 11.9. The molecule has 2 atom stereocenters. The first-order valence-corrected chi connectivity index (χ1v) is 8.42. The number of unbranched alkanes of at least 4 members (excludes halogenated alkanes) is 2. The van der Waals surface area contributed by atoms with Crippen molar-refractivity contribution in [2.45, 2.75) is 57.6 Å². The molecule has 2 N–H and O–H groups in total. The lowest BCUT2D eigenvalue weighted by atomic mass is 10.0. The number of aliphatic hydroxyl groups excluding tert-OH is 2. The zero-order valence-corrected chi connectivity index (χ0v) is 11.9. The third-order valence-electron chi connectivity index (χ3n) is 3.50. The predicted molar refractivity (Wildman–Crippen MR) is 70.7 cm³/mol. The fourth-order valence-electron chi connectivity index (χ4n) is 2.52. The molecule has 1 rings (SSSR count). The molecule has 0 spiro atoms. The van der Waals surface area contributed by atoms with Gasteiger partial charge in [-0.15, -0.1) is 0 Å². The summed E-state index contributed by atoms with van der Waals surface area (Å²) < 4.78 is 25.3. The zero-order valence-electron chi connectivity index (χ0n) is 11.1. The van der Waals surface area contributed by atoms with Gasteiger partial charge in [-0.05, 0) is 19.3 Å². The molecule has 1 aliphatic rings. The van der Waals surface area contributed by atoms with Gasteiger partial charge in [0, 0.05) is 6.54 Å². The van der Waals surface area contributed by atoms with Gasteiger partial charge >= 0.3 is 0 Å². The molecule has 0 aromatic rings. The molecule has 0 aliphatic carbocycles. The lowest BCUT2D eigenvalue weighted by Crippen LogP contribution is -2.44. The van der Waals surface area contributed by atoms with Crippen molar-refractivity contribution in [2.75, 3.05) is 18.9 Å². The highest BCUT2D eigenvalue weighted by molar-refractivity contribution is 7.89. The molecule has 0 aromatic heterocycles. The minimum Gasteiger partial charge on any atom is -0.395 e. The quantitative estimate of drug-likeness (QED) is 0.642. The summed E-state index contributed by atoms with van der Waals surface area (Å²) in [6, 6.07) is -0.293. The lowest BCUT2D eigenvalue weighted by molar-refractivity contribution is 0.0956. The van der Waals surface area contributed by atoms with Crippen LogP contribution in [-0.4, -0.2) is 54.0 Å². The van der Waals surface area contributed by atoms with E-state index in [0.717, 1.165) is 32.1 Å². The van der Waals surface area contributed by atoms with Crippen LogP contribution in [0.2, 0.25) is 0 Å². The van der Waals surface area contributed by atoms with Gasteiger partial charge in [-0.3, -0.25) is 0 Å². The van der Waals surface area contributed by atoms with E-state index in [9.17, 15) is 13.5 Å². The van der Waals surface area contributed by atoms with Gasteiger partial charge in [0.1, 0.15) is 0 Å². The Kier molecular flexibility index (Phi) is 6.55. The van der Waals surface area contributed by atoms with Gasteiger partial charge < -0.3 is 10.2 Å². The molecule has 5 nitrogen and oxygen atoms in total. The smallest absolute Gasteiger partial charge is 0.216 e. The maximum atomic E-state index is 11.9. The largest absolute Gasteiger partial charge is 0.395 e. The van der Waals surface area contributed by atoms with Crippen molar-refractivity contribution < 1.29 is 18.6 Å². The molecule has 1 heterocycles. The molecule has 1 fully saturated rings. The molecule has 6 heteroatoms. The number of hydrogen-bond donors (Lipinski definition) is 2. The van der Waals surface area contributed by atoms with Crippen LogP contribution in [0.4, 0.5) is 0 Å². The van der Waals surface area contributed by atoms with Crippen LogP contribution in [0.3, 0.4) is 0 Å². The Labute approximate surface area is 110 Å². The summed E-state index contributed by atoms with van der Waals surface area (Å²) in [6.45, 7) is 2.20. The number of nitrogens with zero attached hydrogens (tertiary/aromatic N) is 1. The monoisotopic (exact) mass is 279 g/mol. The highest BCUT2D eigenvalue weighted by Crippen LogP contribution is 2.26. The molecule has 0 radical (unpaired) electrons. The second kappa shape index (κ2) is 7.43. The first kappa shape index (κ1) is 15.9. The van der Waals surface area contributed by atoms with E-state index in [1.54, 1.807) is 0 Å². The van der Waals surface area contributed by atoms with Crippen molar-refractivity contribution in [3.8, 4) is 0 Å². The summed E-state index contributed by atoms with van der Waals surface area (Å²) >= 11 is 0. The van der Waals surface area contributed by atoms with Crippen molar-refractivity contribution >= 4 is 10.0 Å². The Morgan fingerprint density at radius 3 is 2.72 bits per heavy atom. The summed E-state index contributed by atoms with van der Waals surface area (Å²) in [5.41, 5.74) is 0. The van der Waals surface area contributed by atoms with Gasteiger partial charge in [0.15, 0.2) is 0 Å². The molecular formula is C12H25NO4S. The minimum atomic E-state index is -3.41. The van der Waals surface area contributed by atoms with Gasteiger partial charge in [-0.1, -0.05) is 26.2 Å². The van der Waals surface area contributed by atoms with Gasteiger partial charge in [-0.2, -0.15) is 4.31 Å². The normalized spacial score (nSPS) is 23.4. The first-order valence-electron chi connectivity index (χ1n) is 6.81. The third-order valence-corrected chi connectivity index (χ3v) is 5.37. The van der Waals surface area contributed by atoms with Crippen LogP contribution in [0.5, 0.6) is 0 Å². The topological polar surface area (TPSA) is 77.8 Å². The fraction of sp³-hybridized carbons (Fsp3) is 1.00. The SMILES string of the molecule is CCCCC[C@@H](O)[C@H]1CCCN1S(=O)(=O)CCO. The van der Waals surface area contributed by atoms with Gasteiger partial charge in [-0.25, -0.2) is 8.42 Å². The van der Waals surface area contributed by atoms with Gasteiger partial charge in [0.2, 0.25) is 10.0 Å². The first-order chi connectivity index (χ1) is 8.53. The van der Waals surface area contributed by atoms with E-state index in [1.165, 1.54) is 4.31 Å². The summed E-state index contributed by atoms with van der Waals surface area (Å²) in [5, 5.41) is 18.9. The maximum Gasteiger partial charge on any atom is 0.216 e. The van der Waals surface area contributed by atoms with Crippen LogP contribution in [0.15, 0.2) is 0 Å². The summed E-state index contributed by atoms with van der Waals surface area (Å²) in [4.78, 5) is 0. The number of sulfonamides is 1. The second-order valence-electron chi connectivity index (χ2n) is 4.92. The average Bonchev–Trinajstić information content (AvgIpc) is 2.78. The van der Waals surface area contributed by atoms with Gasteiger partial charge in [0.25, 0.3) is 0 Å². The summed E-state index contributed by atoms with van der Waals surface area (Å²) in [5.74, 6) is -0.245. The van der Waals surface area contributed by atoms with Crippen LogP contribution in [0.1, 0.15) is 45.4 Å². The van der Waals surface area contributed by atoms with Crippen molar-refractivity contribution in [3.05, 3.63) is 0 Å². The molecule has 1 saturated heterocycles. The molecule has 0 amide bonds. The lowest BCUT2D eigenvalue weighted by Gasteiger charge is -2.27. The van der Waals surface area contributed by atoms with E-state index in [2.05, 4.69) is 6.92 Å². The predicted octanol–water partition coefficient (Wildman–Crippen LogP) is 0.714. The molecule has 18 heavy (non-hydrogen) atoms. The third kappa shape index (κ3) is 4.19. The summed E-state index contributed by atoms with van der Waals surface area (Å²) in [7, 11) is -3.41. The molecule has 0 unspecified atom stereocenters. The van der Waals surface area contributed by atoms with Crippen LogP contribution in [-0.2, 0) is 10.0 Å². The van der Waals surface area contributed by atoms with Crippen molar-refractivity contribution in [1.82, 2.24) is 4.31 Å².